The molecule has 0 aliphatic carbocycles. The molecule has 5 heteroatoms. The van der Waals surface area contributed by atoms with Crippen LogP contribution in [0.15, 0.2) is 60.9 Å². The first-order valence-electron chi connectivity index (χ1n) is 8.49. The molecule has 1 amide bonds. The average molecular weight is 346 g/mol. The molecule has 0 saturated carbocycles. The highest BCUT2D eigenvalue weighted by atomic mass is 16.1. The molecule has 3 rings (SSSR count). The second kappa shape index (κ2) is 7.78. The predicted octanol–water partition coefficient (Wildman–Crippen LogP) is 3.98. The van der Waals surface area contributed by atoms with Gasteiger partial charge in [-0.05, 0) is 30.5 Å². The summed E-state index contributed by atoms with van der Waals surface area (Å²) < 4.78 is 0. The van der Waals surface area contributed by atoms with E-state index in [9.17, 15) is 4.79 Å². The van der Waals surface area contributed by atoms with E-state index in [2.05, 4.69) is 27.4 Å². The first-order valence-corrected chi connectivity index (χ1v) is 8.49. The Kier molecular flexibility index (Phi) is 5.27. The Labute approximate surface area is 153 Å². The van der Waals surface area contributed by atoms with E-state index in [1.54, 1.807) is 6.20 Å². The average Bonchev–Trinajstić information content (AvgIpc) is 2.65. The topological polar surface area (TPSA) is 58.1 Å². The predicted molar refractivity (Wildman–Crippen MR) is 104 cm³/mol. The summed E-state index contributed by atoms with van der Waals surface area (Å²) in [6.45, 7) is 4.66. The Bertz CT molecular complexity index is 871. The number of anilines is 2. The van der Waals surface area contributed by atoms with Gasteiger partial charge in [0.05, 0.1) is 12.4 Å². The van der Waals surface area contributed by atoms with Gasteiger partial charge in [-0.1, -0.05) is 48.5 Å². The molecular weight excluding hydrogens is 324 g/mol. The van der Waals surface area contributed by atoms with Gasteiger partial charge in [-0.25, -0.2) is 9.97 Å². The molecule has 3 aromatic rings. The van der Waals surface area contributed by atoms with Crippen LogP contribution in [0, 0.1) is 13.8 Å². The zero-order valence-electron chi connectivity index (χ0n) is 15.2. The second-order valence-corrected chi connectivity index (χ2v) is 6.32. The van der Waals surface area contributed by atoms with Gasteiger partial charge in [0.1, 0.15) is 11.5 Å². The van der Waals surface area contributed by atoms with Gasteiger partial charge in [0.15, 0.2) is 0 Å². The first-order chi connectivity index (χ1) is 12.5. The number of rotatable bonds is 5. The number of hydrogen-bond acceptors (Lipinski definition) is 4. The number of amides is 1. The van der Waals surface area contributed by atoms with Crippen molar-refractivity contribution in [1.82, 2.24) is 9.97 Å². The summed E-state index contributed by atoms with van der Waals surface area (Å²) in [4.78, 5) is 23.1. The lowest BCUT2D eigenvalue weighted by atomic mass is 10.1. The molecule has 0 bridgehead atoms. The molecule has 0 aliphatic rings. The number of benzene rings is 2. The molecule has 0 unspecified atom stereocenters. The third-order valence-corrected chi connectivity index (χ3v) is 4.24. The Morgan fingerprint density at radius 1 is 0.962 bits per heavy atom. The van der Waals surface area contributed by atoms with Gasteiger partial charge in [0.2, 0.25) is 0 Å². The van der Waals surface area contributed by atoms with Crippen LogP contribution in [0.25, 0.3) is 0 Å². The van der Waals surface area contributed by atoms with Crippen molar-refractivity contribution in [2.24, 2.45) is 0 Å². The molecule has 0 spiro atoms. The first kappa shape index (κ1) is 17.6. The van der Waals surface area contributed by atoms with Crippen molar-refractivity contribution >= 4 is 17.4 Å². The van der Waals surface area contributed by atoms with E-state index in [0.717, 1.165) is 29.2 Å². The van der Waals surface area contributed by atoms with E-state index in [1.807, 2.05) is 62.2 Å². The molecule has 0 radical (unpaired) electrons. The fourth-order valence-corrected chi connectivity index (χ4v) is 2.76. The molecule has 0 saturated heterocycles. The molecule has 1 aromatic heterocycles. The lowest BCUT2D eigenvalue weighted by Crippen LogP contribution is -2.20. The highest BCUT2D eigenvalue weighted by Gasteiger charge is 2.12. The van der Waals surface area contributed by atoms with E-state index in [0.29, 0.717) is 5.69 Å². The highest BCUT2D eigenvalue weighted by Crippen LogP contribution is 2.20. The van der Waals surface area contributed by atoms with Crippen molar-refractivity contribution in [3.05, 3.63) is 83.3 Å². The van der Waals surface area contributed by atoms with E-state index in [4.69, 9.17) is 0 Å². The highest BCUT2D eigenvalue weighted by molar-refractivity contribution is 6.03. The summed E-state index contributed by atoms with van der Waals surface area (Å²) in [5.41, 5.74) is 4.35. The van der Waals surface area contributed by atoms with Gasteiger partial charge in [-0.15, -0.1) is 0 Å². The standard InChI is InChI=1S/C21H22N4O/c1-15-8-7-9-16(2)20(15)24-21(26)18-12-23-19(13-22-18)25(3)14-17-10-5-4-6-11-17/h4-13H,14H2,1-3H3,(H,24,26). The van der Waals surface area contributed by atoms with Crippen LogP contribution < -0.4 is 10.2 Å². The molecule has 132 valence electrons. The lowest BCUT2D eigenvalue weighted by Gasteiger charge is -2.18. The van der Waals surface area contributed by atoms with Crippen LogP contribution in [0.3, 0.4) is 0 Å². The number of aryl methyl sites for hydroxylation is 2. The van der Waals surface area contributed by atoms with Gasteiger partial charge >= 0.3 is 0 Å². The summed E-state index contributed by atoms with van der Waals surface area (Å²) >= 11 is 0. The third-order valence-electron chi connectivity index (χ3n) is 4.24. The van der Waals surface area contributed by atoms with Gasteiger partial charge in [0.25, 0.3) is 5.91 Å². The van der Waals surface area contributed by atoms with Crippen molar-refractivity contribution in [3.63, 3.8) is 0 Å². The van der Waals surface area contributed by atoms with Crippen LogP contribution in [0.1, 0.15) is 27.2 Å². The maximum absolute atomic E-state index is 12.5. The summed E-state index contributed by atoms with van der Waals surface area (Å²) in [6, 6.07) is 16.1. The smallest absolute Gasteiger partial charge is 0.275 e. The quantitative estimate of drug-likeness (QED) is 0.759. The van der Waals surface area contributed by atoms with Crippen LogP contribution in [-0.2, 0) is 6.54 Å². The Morgan fingerprint density at radius 3 is 2.27 bits per heavy atom. The SMILES string of the molecule is Cc1cccc(C)c1NC(=O)c1cnc(N(C)Cc2ccccc2)cn1. The number of nitrogens with zero attached hydrogens (tertiary/aromatic N) is 3. The van der Waals surface area contributed by atoms with Gasteiger partial charge in [-0.2, -0.15) is 0 Å². The number of nitrogens with one attached hydrogen (secondary N) is 1. The summed E-state index contributed by atoms with van der Waals surface area (Å²) in [5, 5.41) is 2.93. The fourth-order valence-electron chi connectivity index (χ4n) is 2.76. The van der Waals surface area contributed by atoms with Crippen molar-refractivity contribution in [3.8, 4) is 0 Å². The molecular formula is C21H22N4O. The maximum atomic E-state index is 12.5. The number of carbonyl (C=O) groups is 1. The van der Waals surface area contributed by atoms with Crippen LogP contribution in [0.4, 0.5) is 11.5 Å². The third kappa shape index (κ3) is 4.06. The fraction of sp³-hybridized carbons (Fsp3) is 0.190. The maximum Gasteiger partial charge on any atom is 0.275 e. The minimum atomic E-state index is -0.257. The largest absolute Gasteiger partial charge is 0.354 e. The molecule has 26 heavy (non-hydrogen) atoms. The second-order valence-electron chi connectivity index (χ2n) is 6.32. The van der Waals surface area contributed by atoms with Crippen LogP contribution >= 0.6 is 0 Å². The van der Waals surface area contributed by atoms with Gasteiger partial charge < -0.3 is 10.2 Å². The Morgan fingerprint density at radius 2 is 1.65 bits per heavy atom. The number of para-hydroxylation sites is 1. The van der Waals surface area contributed by atoms with E-state index in [1.165, 1.54) is 11.8 Å². The minimum Gasteiger partial charge on any atom is -0.354 e. The van der Waals surface area contributed by atoms with E-state index < -0.39 is 0 Å². The molecule has 1 heterocycles. The number of hydrogen-bond donors (Lipinski definition) is 1. The van der Waals surface area contributed by atoms with Crippen molar-refractivity contribution < 1.29 is 4.79 Å². The van der Waals surface area contributed by atoms with Crippen molar-refractivity contribution in [2.75, 3.05) is 17.3 Å². The Balaban J connectivity index is 1.70. The minimum absolute atomic E-state index is 0.257. The molecule has 0 atom stereocenters. The van der Waals surface area contributed by atoms with E-state index >= 15 is 0 Å². The summed E-state index contributed by atoms with van der Waals surface area (Å²) in [7, 11) is 1.95. The van der Waals surface area contributed by atoms with E-state index in [-0.39, 0.29) is 5.91 Å². The normalized spacial score (nSPS) is 10.4. The number of aromatic nitrogens is 2. The lowest BCUT2D eigenvalue weighted by molar-refractivity contribution is 0.102. The van der Waals surface area contributed by atoms with Crippen LogP contribution in [0.5, 0.6) is 0 Å². The monoisotopic (exact) mass is 346 g/mol. The summed E-state index contributed by atoms with van der Waals surface area (Å²) in [5.74, 6) is 0.463. The van der Waals surface area contributed by atoms with Crippen molar-refractivity contribution in [1.29, 1.82) is 0 Å². The van der Waals surface area contributed by atoms with Gasteiger partial charge in [0, 0.05) is 19.3 Å². The molecule has 0 aliphatic heterocycles. The van der Waals surface area contributed by atoms with Crippen LogP contribution in [0.2, 0.25) is 0 Å². The Hall–Kier alpha value is -3.21. The van der Waals surface area contributed by atoms with Crippen LogP contribution in [-0.4, -0.2) is 22.9 Å². The van der Waals surface area contributed by atoms with Gasteiger partial charge in [-0.3, -0.25) is 4.79 Å². The summed E-state index contributed by atoms with van der Waals surface area (Å²) in [6.07, 6.45) is 3.14. The molecule has 0 fully saturated rings. The molecule has 1 N–H and O–H groups in total. The zero-order chi connectivity index (χ0) is 18.5. The van der Waals surface area contributed by atoms with Crippen molar-refractivity contribution in [2.45, 2.75) is 20.4 Å². The number of carbonyl (C=O) groups excluding carboxylic acids is 1. The zero-order valence-corrected chi connectivity index (χ0v) is 15.2. The molecule has 5 nitrogen and oxygen atoms in total. The molecule has 2 aromatic carbocycles.